The minimum Gasteiger partial charge on any atom is -0.486 e. The first-order chi connectivity index (χ1) is 9.70. The highest BCUT2D eigenvalue weighted by atomic mass is 19.1. The number of piperidine rings is 1. The molecule has 0 amide bonds. The minimum atomic E-state index is -0.631. The van der Waals surface area contributed by atoms with Crippen molar-refractivity contribution in [3.05, 3.63) is 29.3 Å². The van der Waals surface area contributed by atoms with E-state index in [2.05, 4.69) is 10.2 Å². The van der Waals surface area contributed by atoms with E-state index in [0.29, 0.717) is 18.7 Å². The second-order valence-electron chi connectivity index (χ2n) is 5.17. The minimum absolute atomic E-state index is 0.262. The van der Waals surface area contributed by atoms with Crippen molar-refractivity contribution >= 4 is 0 Å². The van der Waals surface area contributed by atoms with Gasteiger partial charge in [-0.1, -0.05) is 6.42 Å². The molecular formula is C15H22F2N2O. The predicted molar refractivity (Wildman–Crippen MR) is 74.9 cm³/mol. The standard InChI is InChI=1S/C15H22F2N2O/c1-18-11-12-9-13(16)15(14(17)10-12)20-8-7-19-5-3-2-4-6-19/h9-10,18H,2-8,11H2,1H3. The van der Waals surface area contributed by atoms with Crippen LogP contribution in [0.4, 0.5) is 8.78 Å². The largest absolute Gasteiger partial charge is 0.486 e. The second kappa shape index (κ2) is 7.55. The molecule has 0 aliphatic carbocycles. The van der Waals surface area contributed by atoms with E-state index in [1.807, 2.05) is 0 Å². The Hall–Kier alpha value is -1.20. The summed E-state index contributed by atoms with van der Waals surface area (Å²) in [6, 6.07) is 2.63. The molecule has 20 heavy (non-hydrogen) atoms. The Labute approximate surface area is 118 Å². The quantitative estimate of drug-likeness (QED) is 0.869. The molecule has 112 valence electrons. The molecule has 1 fully saturated rings. The first-order valence-corrected chi connectivity index (χ1v) is 7.18. The molecular weight excluding hydrogens is 262 g/mol. The fraction of sp³-hybridized carbons (Fsp3) is 0.600. The van der Waals surface area contributed by atoms with Crippen molar-refractivity contribution in [3.63, 3.8) is 0 Å². The lowest BCUT2D eigenvalue weighted by Crippen LogP contribution is -2.33. The fourth-order valence-corrected chi connectivity index (χ4v) is 2.52. The lowest BCUT2D eigenvalue weighted by atomic mass is 10.1. The summed E-state index contributed by atoms with van der Waals surface area (Å²) in [6.45, 7) is 3.57. The van der Waals surface area contributed by atoms with Crippen molar-refractivity contribution in [1.29, 1.82) is 0 Å². The number of likely N-dealkylation sites (tertiary alicyclic amines) is 1. The van der Waals surface area contributed by atoms with Crippen molar-refractivity contribution in [3.8, 4) is 5.75 Å². The smallest absolute Gasteiger partial charge is 0.190 e. The van der Waals surface area contributed by atoms with Gasteiger partial charge in [-0.2, -0.15) is 0 Å². The van der Waals surface area contributed by atoms with Gasteiger partial charge in [0.25, 0.3) is 0 Å². The number of hydrogen-bond donors (Lipinski definition) is 1. The Morgan fingerprint density at radius 3 is 2.40 bits per heavy atom. The molecule has 1 aliphatic heterocycles. The van der Waals surface area contributed by atoms with Crippen LogP contribution in [0.15, 0.2) is 12.1 Å². The number of halogens is 2. The molecule has 1 aromatic carbocycles. The molecule has 5 heteroatoms. The molecule has 1 N–H and O–H groups in total. The Kier molecular flexibility index (Phi) is 5.73. The van der Waals surface area contributed by atoms with Crippen LogP contribution in [0.1, 0.15) is 24.8 Å². The molecule has 0 atom stereocenters. The van der Waals surface area contributed by atoms with Gasteiger partial charge >= 0.3 is 0 Å². The molecule has 1 saturated heterocycles. The molecule has 0 saturated carbocycles. The average Bonchev–Trinajstić information content (AvgIpc) is 2.43. The molecule has 2 rings (SSSR count). The molecule has 1 aliphatic rings. The van der Waals surface area contributed by atoms with Gasteiger partial charge in [0.2, 0.25) is 0 Å². The maximum absolute atomic E-state index is 13.8. The van der Waals surface area contributed by atoms with E-state index in [1.165, 1.54) is 31.4 Å². The van der Waals surface area contributed by atoms with E-state index >= 15 is 0 Å². The van der Waals surface area contributed by atoms with Gasteiger partial charge in [0.05, 0.1) is 0 Å². The van der Waals surface area contributed by atoms with E-state index in [1.54, 1.807) is 7.05 Å². The van der Waals surface area contributed by atoms with Gasteiger partial charge in [0.15, 0.2) is 17.4 Å². The number of nitrogens with one attached hydrogen (secondary N) is 1. The molecule has 0 unspecified atom stereocenters. The van der Waals surface area contributed by atoms with Gasteiger partial charge in [0.1, 0.15) is 6.61 Å². The van der Waals surface area contributed by atoms with Crippen LogP contribution in [0.2, 0.25) is 0 Å². The number of rotatable bonds is 6. The third-order valence-electron chi connectivity index (χ3n) is 3.54. The highest BCUT2D eigenvalue weighted by Crippen LogP contribution is 2.23. The van der Waals surface area contributed by atoms with Crippen LogP contribution in [0.3, 0.4) is 0 Å². The molecule has 0 bridgehead atoms. The summed E-state index contributed by atoms with van der Waals surface area (Å²) >= 11 is 0. The van der Waals surface area contributed by atoms with Crippen LogP contribution in [0.5, 0.6) is 5.75 Å². The molecule has 0 spiro atoms. The molecule has 0 radical (unpaired) electrons. The second-order valence-corrected chi connectivity index (χ2v) is 5.17. The summed E-state index contributed by atoms with van der Waals surface area (Å²) in [6.07, 6.45) is 3.66. The summed E-state index contributed by atoms with van der Waals surface area (Å²) in [7, 11) is 1.73. The highest BCUT2D eigenvalue weighted by molar-refractivity contribution is 5.31. The third-order valence-corrected chi connectivity index (χ3v) is 3.54. The zero-order valence-electron chi connectivity index (χ0n) is 11.9. The summed E-state index contributed by atoms with van der Waals surface area (Å²) < 4.78 is 32.9. The number of hydrogen-bond acceptors (Lipinski definition) is 3. The Morgan fingerprint density at radius 1 is 1.15 bits per heavy atom. The van der Waals surface area contributed by atoms with Gasteiger partial charge in [-0.25, -0.2) is 8.78 Å². The lowest BCUT2D eigenvalue weighted by molar-refractivity contribution is 0.177. The Morgan fingerprint density at radius 2 is 1.80 bits per heavy atom. The van der Waals surface area contributed by atoms with E-state index in [9.17, 15) is 8.78 Å². The molecule has 1 aromatic rings. The first-order valence-electron chi connectivity index (χ1n) is 7.18. The third kappa shape index (κ3) is 4.15. The fourth-order valence-electron chi connectivity index (χ4n) is 2.52. The summed E-state index contributed by atoms with van der Waals surface area (Å²) in [4.78, 5) is 2.27. The van der Waals surface area contributed by atoms with Crippen LogP contribution in [-0.2, 0) is 6.54 Å². The number of nitrogens with zero attached hydrogens (tertiary/aromatic N) is 1. The monoisotopic (exact) mass is 284 g/mol. The molecule has 0 aromatic heterocycles. The van der Waals surface area contributed by atoms with Crippen molar-refractivity contribution in [1.82, 2.24) is 10.2 Å². The predicted octanol–water partition coefficient (Wildman–Crippen LogP) is 2.55. The van der Waals surface area contributed by atoms with Crippen LogP contribution < -0.4 is 10.1 Å². The van der Waals surface area contributed by atoms with Gasteiger partial charge in [0, 0.05) is 13.1 Å². The first kappa shape index (κ1) is 15.2. The topological polar surface area (TPSA) is 24.5 Å². The van der Waals surface area contributed by atoms with E-state index in [4.69, 9.17) is 4.74 Å². The van der Waals surface area contributed by atoms with Crippen molar-refractivity contribution in [2.24, 2.45) is 0 Å². The summed E-state index contributed by atoms with van der Waals surface area (Å²) in [5, 5.41) is 2.86. The normalized spacial score (nSPS) is 16.4. The SMILES string of the molecule is CNCc1cc(F)c(OCCN2CCCCC2)c(F)c1. The van der Waals surface area contributed by atoms with E-state index < -0.39 is 11.6 Å². The van der Waals surface area contributed by atoms with Gasteiger partial charge < -0.3 is 10.1 Å². The van der Waals surface area contributed by atoms with E-state index in [0.717, 1.165) is 19.6 Å². The van der Waals surface area contributed by atoms with Crippen molar-refractivity contribution in [2.45, 2.75) is 25.8 Å². The Bertz CT molecular complexity index is 411. The molecule has 3 nitrogen and oxygen atoms in total. The van der Waals surface area contributed by atoms with E-state index in [-0.39, 0.29) is 5.75 Å². The average molecular weight is 284 g/mol. The van der Waals surface area contributed by atoms with Crippen LogP contribution >= 0.6 is 0 Å². The maximum atomic E-state index is 13.8. The van der Waals surface area contributed by atoms with Crippen LogP contribution in [0, 0.1) is 11.6 Å². The van der Waals surface area contributed by atoms with Gasteiger partial charge in [-0.15, -0.1) is 0 Å². The number of ether oxygens (including phenoxy) is 1. The lowest BCUT2D eigenvalue weighted by Gasteiger charge is -2.26. The zero-order valence-corrected chi connectivity index (χ0v) is 11.9. The maximum Gasteiger partial charge on any atom is 0.190 e. The van der Waals surface area contributed by atoms with Crippen molar-refractivity contribution < 1.29 is 13.5 Å². The van der Waals surface area contributed by atoms with Gasteiger partial charge in [-0.3, -0.25) is 4.90 Å². The molecule has 1 heterocycles. The Balaban J connectivity index is 1.88. The number of benzene rings is 1. The zero-order chi connectivity index (χ0) is 14.4. The summed E-state index contributed by atoms with van der Waals surface area (Å²) in [5.74, 6) is -1.52. The van der Waals surface area contributed by atoms with Gasteiger partial charge in [-0.05, 0) is 50.7 Å². The summed E-state index contributed by atoms with van der Waals surface area (Å²) in [5.41, 5.74) is 0.575. The van der Waals surface area contributed by atoms with Crippen molar-refractivity contribution in [2.75, 3.05) is 33.3 Å². The van der Waals surface area contributed by atoms with Crippen LogP contribution in [-0.4, -0.2) is 38.2 Å². The van der Waals surface area contributed by atoms with Crippen LogP contribution in [0.25, 0.3) is 0 Å². The highest BCUT2D eigenvalue weighted by Gasteiger charge is 2.14.